The van der Waals surface area contributed by atoms with Gasteiger partial charge in [0.15, 0.2) is 16.9 Å². The molecule has 79 heavy (non-hydrogen) atoms. The first-order chi connectivity index (χ1) is 38.3. The summed E-state index contributed by atoms with van der Waals surface area (Å²) in [5, 5.41) is 30.1. The lowest BCUT2D eigenvalue weighted by atomic mass is 9.85. The minimum Gasteiger partial charge on any atom is -0.474 e. The molecule has 7 aliphatic rings. The minimum absolute atomic E-state index is 0.0165. The molecule has 0 N–H and O–H groups in total. The maximum atomic E-state index is 13.3. The highest BCUT2D eigenvalue weighted by Gasteiger charge is 2.61. The summed E-state index contributed by atoms with van der Waals surface area (Å²) in [4.78, 5) is 86.3. The maximum Gasteiger partial charge on any atom is 0.307 e. The van der Waals surface area contributed by atoms with E-state index in [1.165, 1.54) is 16.2 Å². The van der Waals surface area contributed by atoms with Gasteiger partial charge in [0.25, 0.3) is 0 Å². The molecular formula is C60H50N6O11S2. The van der Waals surface area contributed by atoms with Gasteiger partial charge in [0.1, 0.15) is 37.0 Å². The molecule has 11 rings (SSSR count). The summed E-state index contributed by atoms with van der Waals surface area (Å²) in [5.41, 5.74) is 2.14. The second-order valence-electron chi connectivity index (χ2n) is 19.9. The van der Waals surface area contributed by atoms with E-state index < -0.39 is 53.4 Å². The van der Waals surface area contributed by atoms with Crippen LogP contribution in [0.15, 0.2) is 126 Å². The number of anilines is 1. The van der Waals surface area contributed by atoms with E-state index in [-0.39, 0.29) is 91.9 Å². The van der Waals surface area contributed by atoms with Crippen molar-refractivity contribution in [1.29, 1.82) is 15.8 Å². The van der Waals surface area contributed by atoms with Gasteiger partial charge in [0, 0.05) is 56.0 Å². The number of imide groups is 2. The molecule has 4 saturated heterocycles. The summed E-state index contributed by atoms with van der Waals surface area (Å²) >= 11 is 3.00. The van der Waals surface area contributed by atoms with E-state index in [1.54, 1.807) is 42.6 Å². The maximum absolute atomic E-state index is 13.3. The van der Waals surface area contributed by atoms with Crippen LogP contribution in [0.4, 0.5) is 5.69 Å². The van der Waals surface area contributed by atoms with Crippen LogP contribution in [0.3, 0.4) is 0 Å². The van der Waals surface area contributed by atoms with E-state index in [0.29, 0.717) is 34.7 Å². The second-order valence-corrected chi connectivity index (χ2v) is 22.1. The van der Waals surface area contributed by atoms with E-state index in [0.717, 1.165) is 30.8 Å². The molecule has 2 aromatic heterocycles. The molecule has 4 aromatic rings. The van der Waals surface area contributed by atoms with Gasteiger partial charge in [-0.3, -0.25) is 38.6 Å². The van der Waals surface area contributed by atoms with Crippen molar-refractivity contribution in [3.8, 4) is 28.6 Å². The molecule has 9 unspecified atom stereocenters. The van der Waals surface area contributed by atoms with E-state index in [2.05, 4.69) is 11.0 Å². The molecule has 0 radical (unpaired) electrons. The summed E-state index contributed by atoms with van der Waals surface area (Å²) in [7, 11) is 0. The van der Waals surface area contributed by atoms with Gasteiger partial charge in [-0.2, -0.15) is 15.8 Å². The number of nitrogens with zero attached hydrogens (tertiary/aromatic N) is 6. The summed E-state index contributed by atoms with van der Waals surface area (Å²) < 4.78 is 29.1. The smallest absolute Gasteiger partial charge is 0.307 e. The lowest BCUT2D eigenvalue weighted by molar-refractivity contribution is -0.149. The number of carbonyl (C=O) groups excluding carboxylic acids is 6. The number of carbonyl (C=O) groups is 6. The number of esters is 2. The zero-order valence-electron chi connectivity index (χ0n) is 42.8. The Morgan fingerprint density at radius 1 is 0.709 bits per heavy atom. The van der Waals surface area contributed by atoms with Crippen LogP contribution in [-0.2, 0) is 64.7 Å². The lowest BCUT2D eigenvalue weighted by Crippen LogP contribution is -2.36. The highest BCUT2D eigenvalue weighted by atomic mass is 32.1. The Labute approximate surface area is 462 Å². The number of hydrogen-bond donors (Lipinski definition) is 0. The summed E-state index contributed by atoms with van der Waals surface area (Å²) in [6, 6.07) is 29.1. The Morgan fingerprint density at radius 2 is 1.28 bits per heavy atom. The van der Waals surface area contributed by atoms with Gasteiger partial charge in [-0.1, -0.05) is 72.8 Å². The topological polar surface area (TPSA) is 230 Å². The standard InChI is InChI=1S/C60H50N6O11S2/c1-3-64(27-28-73-49(67)23-25-65-56(69)51-43-17-18-44(75-43)52(51)57(65)70)38-11-9-34(10-12-38)47-21-15-39(78-47)13-14-40-29-35(33-74-50(68)24-26-66-58(71)53-45-19-20-46(76-45)54(53)59(66)72)48(79-40)22-16-42-41(32-63)55(36(30-61)31-62)77-60(42,2)37-7-5-4-6-8-37/h4-22,29,43-46,51-54H,3,23-28,33H2,1-2H3/b14-13+,22-16+. The van der Waals surface area contributed by atoms with E-state index in [9.17, 15) is 44.6 Å². The van der Waals surface area contributed by atoms with Crippen molar-refractivity contribution in [1.82, 2.24) is 9.80 Å². The molecule has 0 aliphatic carbocycles. The molecule has 4 amide bonds. The van der Waals surface area contributed by atoms with E-state index in [4.69, 9.17) is 23.7 Å². The lowest BCUT2D eigenvalue weighted by Gasteiger charge is -2.27. The zero-order chi connectivity index (χ0) is 55.1. The molecule has 17 nitrogen and oxygen atoms in total. The van der Waals surface area contributed by atoms with Gasteiger partial charge < -0.3 is 28.6 Å². The summed E-state index contributed by atoms with van der Waals surface area (Å²) in [6.07, 6.45) is 12.8. The number of amides is 4. The van der Waals surface area contributed by atoms with E-state index in [1.807, 2.05) is 116 Å². The van der Waals surface area contributed by atoms with Crippen LogP contribution < -0.4 is 4.90 Å². The van der Waals surface area contributed by atoms with Gasteiger partial charge in [-0.15, -0.1) is 22.7 Å². The Morgan fingerprint density at radius 3 is 1.84 bits per heavy atom. The average Bonchev–Trinajstić information content (AvgIpc) is 4.56. The minimum atomic E-state index is -1.25. The Balaban J connectivity index is 0.755. The number of hydrogen-bond acceptors (Lipinski definition) is 17. The van der Waals surface area contributed by atoms with Gasteiger partial charge >= 0.3 is 11.9 Å². The molecule has 9 heterocycles. The predicted molar refractivity (Wildman–Crippen MR) is 289 cm³/mol. The molecule has 4 fully saturated rings. The fraction of sp³-hybridized carbons (Fsp3) is 0.317. The first-order valence-corrected chi connectivity index (χ1v) is 27.5. The predicted octanol–water partition coefficient (Wildman–Crippen LogP) is 7.80. The van der Waals surface area contributed by atoms with Crippen molar-refractivity contribution in [2.75, 3.05) is 37.7 Å². The molecule has 2 aromatic carbocycles. The molecular weight excluding hydrogens is 1040 g/mol. The molecule has 0 saturated carbocycles. The van der Waals surface area contributed by atoms with Gasteiger partial charge in [-0.05, 0) is 73.5 Å². The van der Waals surface area contributed by atoms with Gasteiger partial charge in [-0.25, -0.2) is 0 Å². The normalized spacial score (nSPS) is 25.9. The Kier molecular flexibility index (Phi) is 14.4. The van der Waals surface area contributed by atoms with Crippen LogP contribution in [0.25, 0.3) is 28.7 Å². The number of likely N-dealkylation sites (tertiary alicyclic amines) is 2. The van der Waals surface area contributed by atoms with Crippen molar-refractivity contribution in [3.63, 3.8) is 0 Å². The molecule has 0 spiro atoms. The van der Waals surface area contributed by atoms with Gasteiger partial charge in [0.2, 0.25) is 23.6 Å². The third kappa shape index (κ3) is 9.72. The van der Waals surface area contributed by atoms with E-state index >= 15 is 0 Å². The summed E-state index contributed by atoms with van der Waals surface area (Å²) in [6.45, 7) is 4.75. The van der Waals surface area contributed by atoms with Crippen LogP contribution in [0, 0.1) is 57.7 Å². The van der Waals surface area contributed by atoms with Crippen molar-refractivity contribution in [3.05, 3.63) is 151 Å². The van der Waals surface area contributed by atoms with Crippen LogP contribution >= 0.6 is 22.7 Å². The first kappa shape index (κ1) is 52.5. The quantitative estimate of drug-likeness (QED) is 0.0378. The van der Waals surface area contributed by atoms with Crippen molar-refractivity contribution < 1.29 is 52.5 Å². The SMILES string of the molecule is CCN(CCOC(=O)CCN1C(=O)C2C3C=CC(O3)C2C1=O)c1ccc(-c2ccc(/C=C/c3cc(COC(=O)CCN4C(=O)C5C6C=CC(O6)C5C4=O)c(/C=C/C4=C(C#N)C(=C(C#N)C#N)OC4(C)c4ccccc4)s3)s2)cc1. The van der Waals surface area contributed by atoms with Crippen LogP contribution in [-0.4, -0.2) is 103 Å². The van der Waals surface area contributed by atoms with Crippen molar-refractivity contribution >= 4 is 82.2 Å². The van der Waals surface area contributed by atoms with Crippen LogP contribution in [0.5, 0.6) is 0 Å². The fourth-order valence-corrected chi connectivity index (χ4v) is 13.4. The molecule has 398 valence electrons. The van der Waals surface area contributed by atoms with Crippen LogP contribution in [0.1, 0.15) is 52.4 Å². The molecule has 19 heteroatoms. The second kappa shape index (κ2) is 21.7. The molecule has 4 bridgehead atoms. The zero-order valence-corrected chi connectivity index (χ0v) is 44.4. The Bertz CT molecular complexity index is 3440. The largest absolute Gasteiger partial charge is 0.474 e. The number of fused-ring (bicyclic) bond motifs is 10. The highest BCUT2D eigenvalue weighted by molar-refractivity contribution is 7.16. The third-order valence-corrected chi connectivity index (χ3v) is 17.7. The number of nitriles is 3. The molecule has 7 aliphatic heterocycles. The van der Waals surface area contributed by atoms with Crippen LogP contribution in [0.2, 0.25) is 0 Å². The third-order valence-electron chi connectivity index (χ3n) is 15.5. The monoisotopic (exact) mass is 1090 g/mol. The Hall–Kier alpha value is -8.51. The van der Waals surface area contributed by atoms with Crippen molar-refractivity contribution in [2.45, 2.75) is 63.3 Å². The summed E-state index contributed by atoms with van der Waals surface area (Å²) in [5.74, 6) is -4.65. The number of rotatable bonds is 19. The molecule has 9 atom stereocenters. The number of likely N-dealkylation sites (N-methyl/N-ethyl adjacent to an activating group) is 1. The number of ether oxygens (including phenoxy) is 5. The van der Waals surface area contributed by atoms with Crippen molar-refractivity contribution in [2.24, 2.45) is 23.7 Å². The average molecular weight is 1100 g/mol. The number of thiophene rings is 2. The number of benzene rings is 2. The van der Waals surface area contributed by atoms with Gasteiger partial charge in [0.05, 0.1) is 67.5 Å². The first-order valence-electron chi connectivity index (χ1n) is 25.9. The fourth-order valence-electron chi connectivity index (χ4n) is 11.5. The highest BCUT2D eigenvalue weighted by Crippen LogP contribution is 2.49. The number of allylic oxidation sites excluding steroid dienone is 2.